The van der Waals surface area contributed by atoms with Gasteiger partial charge in [0.15, 0.2) is 5.11 Å². The maximum Gasteiger partial charge on any atom is 0.163 e. The lowest BCUT2D eigenvalue weighted by Crippen LogP contribution is -2.41. The van der Waals surface area contributed by atoms with Gasteiger partial charge in [0.25, 0.3) is 0 Å². The molecule has 60 valence electrons. The van der Waals surface area contributed by atoms with Gasteiger partial charge in [0.1, 0.15) is 0 Å². The fourth-order valence-corrected chi connectivity index (χ4v) is 2.23. The van der Waals surface area contributed by atoms with E-state index in [0.29, 0.717) is 17.1 Å². The fourth-order valence-electron chi connectivity index (χ4n) is 2.08. The summed E-state index contributed by atoms with van der Waals surface area (Å²) in [6, 6.07) is 0.510. The fraction of sp³-hybridized carbons (Fsp3) is 0.625. The zero-order valence-corrected chi connectivity index (χ0v) is 7.16. The summed E-state index contributed by atoms with van der Waals surface area (Å²) < 4.78 is 0. The van der Waals surface area contributed by atoms with E-state index in [0.717, 1.165) is 6.42 Å². The van der Waals surface area contributed by atoms with Crippen LogP contribution < -0.4 is 11.1 Å². The van der Waals surface area contributed by atoms with Gasteiger partial charge < -0.3 is 11.1 Å². The molecule has 3 N–H and O–H groups in total. The Bertz CT molecular complexity index is 222. The summed E-state index contributed by atoms with van der Waals surface area (Å²) >= 11 is 4.79. The third kappa shape index (κ3) is 1.25. The molecule has 0 amide bonds. The Morgan fingerprint density at radius 2 is 2.55 bits per heavy atom. The molecule has 0 fully saturated rings. The molecule has 2 aliphatic carbocycles. The lowest BCUT2D eigenvalue weighted by atomic mass is 9.94. The van der Waals surface area contributed by atoms with Crippen molar-refractivity contribution >= 4 is 17.3 Å². The highest BCUT2D eigenvalue weighted by Gasteiger charge is 2.32. The summed E-state index contributed by atoms with van der Waals surface area (Å²) in [7, 11) is 0. The van der Waals surface area contributed by atoms with Crippen LogP contribution in [0.5, 0.6) is 0 Å². The highest BCUT2D eigenvalue weighted by atomic mass is 32.1. The van der Waals surface area contributed by atoms with E-state index in [4.69, 9.17) is 18.0 Å². The average molecular weight is 168 g/mol. The third-order valence-electron chi connectivity index (χ3n) is 2.58. The molecule has 0 saturated carbocycles. The normalized spacial score (nSPS) is 33.6. The van der Waals surface area contributed by atoms with Crippen molar-refractivity contribution in [3.8, 4) is 0 Å². The summed E-state index contributed by atoms with van der Waals surface area (Å²) in [5.74, 6) is 0.700. The lowest BCUT2D eigenvalue weighted by molar-refractivity contribution is 0.438. The molecule has 2 rings (SSSR count). The van der Waals surface area contributed by atoms with Crippen LogP contribution in [0.3, 0.4) is 0 Å². The molecule has 0 aromatic heterocycles. The molecule has 2 unspecified atom stereocenters. The van der Waals surface area contributed by atoms with Gasteiger partial charge >= 0.3 is 0 Å². The van der Waals surface area contributed by atoms with Crippen molar-refractivity contribution in [2.24, 2.45) is 11.7 Å². The highest BCUT2D eigenvalue weighted by molar-refractivity contribution is 7.80. The smallest absolute Gasteiger partial charge is 0.163 e. The molecule has 0 heterocycles. The molecule has 11 heavy (non-hydrogen) atoms. The van der Waals surface area contributed by atoms with Gasteiger partial charge in [-0.15, -0.1) is 0 Å². The van der Waals surface area contributed by atoms with Crippen LogP contribution in [0.1, 0.15) is 19.3 Å². The lowest BCUT2D eigenvalue weighted by Gasteiger charge is -2.23. The number of nitrogens with one attached hydrogen (secondary N) is 1. The van der Waals surface area contributed by atoms with E-state index in [1.54, 1.807) is 5.57 Å². The minimum absolute atomic E-state index is 0.441. The quantitative estimate of drug-likeness (QED) is 0.452. The molecule has 0 saturated heterocycles. The first-order valence-corrected chi connectivity index (χ1v) is 4.42. The van der Waals surface area contributed by atoms with Gasteiger partial charge in [-0.2, -0.15) is 0 Å². The molecule has 2 aliphatic rings. The van der Waals surface area contributed by atoms with Gasteiger partial charge in [0, 0.05) is 6.04 Å². The summed E-state index contributed by atoms with van der Waals surface area (Å²) in [6.45, 7) is 0. The second-order valence-electron chi connectivity index (χ2n) is 3.35. The Labute approximate surface area is 71.8 Å². The topological polar surface area (TPSA) is 38.0 Å². The maximum absolute atomic E-state index is 5.40. The van der Waals surface area contributed by atoms with Crippen LogP contribution in [0, 0.1) is 5.92 Å². The van der Waals surface area contributed by atoms with Gasteiger partial charge in [0.2, 0.25) is 0 Å². The summed E-state index contributed by atoms with van der Waals surface area (Å²) in [5, 5.41) is 3.57. The number of rotatable bonds is 1. The second kappa shape index (κ2) is 2.48. The van der Waals surface area contributed by atoms with Crippen LogP contribution in [0.15, 0.2) is 11.6 Å². The molecule has 3 heteroatoms. The van der Waals surface area contributed by atoms with E-state index in [1.165, 1.54) is 12.8 Å². The van der Waals surface area contributed by atoms with E-state index in [-0.39, 0.29) is 0 Å². The van der Waals surface area contributed by atoms with Crippen molar-refractivity contribution in [2.75, 3.05) is 0 Å². The Morgan fingerprint density at radius 1 is 1.73 bits per heavy atom. The van der Waals surface area contributed by atoms with E-state index in [9.17, 15) is 0 Å². The number of hydrogen-bond acceptors (Lipinski definition) is 1. The van der Waals surface area contributed by atoms with Crippen molar-refractivity contribution in [2.45, 2.75) is 25.3 Å². The van der Waals surface area contributed by atoms with Crippen LogP contribution in [-0.4, -0.2) is 11.2 Å². The molecule has 0 aromatic rings. The second-order valence-corrected chi connectivity index (χ2v) is 3.79. The van der Waals surface area contributed by atoms with Crippen LogP contribution in [-0.2, 0) is 0 Å². The Morgan fingerprint density at radius 3 is 3.00 bits per heavy atom. The third-order valence-corrected chi connectivity index (χ3v) is 2.69. The van der Waals surface area contributed by atoms with E-state index in [1.807, 2.05) is 0 Å². The number of nitrogens with two attached hydrogens (primary N) is 1. The minimum atomic E-state index is 0.441. The van der Waals surface area contributed by atoms with Crippen LogP contribution in [0.2, 0.25) is 0 Å². The monoisotopic (exact) mass is 168 g/mol. The molecule has 2 bridgehead atoms. The predicted molar refractivity (Wildman–Crippen MR) is 49.1 cm³/mol. The average Bonchev–Trinajstić information content (AvgIpc) is 2.45. The zero-order chi connectivity index (χ0) is 7.84. The van der Waals surface area contributed by atoms with Crippen molar-refractivity contribution in [3.63, 3.8) is 0 Å². The van der Waals surface area contributed by atoms with Gasteiger partial charge in [-0.25, -0.2) is 0 Å². The van der Waals surface area contributed by atoms with Crippen LogP contribution in [0.25, 0.3) is 0 Å². The first-order valence-electron chi connectivity index (χ1n) is 4.01. The van der Waals surface area contributed by atoms with Crippen molar-refractivity contribution in [3.05, 3.63) is 11.6 Å². The first kappa shape index (κ1) is 7.10. The van der Waals surface area contributed by atoms with E-state index in [2.05, 4.69) is 11.4 Å². The molecule has 0 aromatic carbocycles. The highest BCUT2D eigenvalue weighted by Crippen LogP contribution is 2.38. The predicted octanol–water partition coefficient (Wildman–Crippen LogP) is 0.928. The number of fused-ring (bicyclic) bond motifs is 1. The van der Waals surface area contributed by atoms with E-state index >= 15 is 0 Å². The summed E-state index contributed by atoms with van der Waals surface area (Å²) in [5.41, 5.74) is 6.99. The van der Waals surface area contributed by atoms with Gasteiger partial charge in [-0.05, 0) is 37.4 Å². The molecule has 0 spiro atoms. The summed E-state index contributed by atoms with van der Waals surface area (Å²) in [6.07, 6.45) is 6.10. The van der Waals surface area contributed by atoms with Crippen molar-refractivity contribution in [1.82, 2.24) is 5.32 Å². The molecular weight excluding hydrogens is 156 g/mol. The largest absolute Gasteiger partial charge is 0.376 e. The molecule has 2 atom stereocenters. The molecule has 0 radical (unpaired) electrons. The molecular formula is C8H12N2S. The minimum Gasteiger partial charge on any atom is -0.376 e. The zero-order valence-electron chi connectivity index (χ0n) is 6.34. The number of hydrogen-bond donors (Lipinski definition) is 2. The Kier molecular flexibility index (Phi) is 1.60. The van der Waals surface area contributed by atoms with Gasteiger partial charge in [0.05, 0.1) is 0 Å². The van der Waals surface area contributed by atoms with E-state index < -0.39 is 0 Å². The SMILES string of the molecule is NC(=S)NC1CC2=CC1CC2. The number of thiocarbonyl (C=S) groups is 1. The molecule has 0 aliphatic heterocycles. The Hall–Kier alpha value is -0.570. The van der Waals surface area contributed by atoms with Crippen LogP contribution >= 0.6 is 12.2 Å². The standard InChI is InChI=1S/C8H12N2S/c9-8(11)10-7-4-5-1-2-6(7)3-5/h3,6-7H,1-2,4H2,(H3,9,10,11). The first-order chi connectivity index (χ1) is 5.25. The van der Waals surface area contributed by atoms with Crippen molar-refractivity contribution < 1.29 is 0 Å². The van der Waals surface area contributed by atoms with Crippen molar-refractivity contribution in [1.29, 1.82) is 0 Å². The maximum atomic E-state index is 5.40. The Balaban J connectivity index is 1.95. The molecule has 2 nitrogen and oxygen atoms in total. The van der Waals surface area contributed by atoms with Crippen LogP contribution in [0.4, 0.5) is 0 Å². The van der Waals surface area contributed by atoms with Gasteiger partial charge in [-0.1, -0.05) is 11.6 Å². The summed E-state index contributed by atoms with van der Waals surface area (Å²) in [4.78, 5) is 0. The van der Waals surface area contributed by atoms with Gasteiger partial charge in [-0.3, -0.25) is 0 Å².